The summed E-state index contributed by atoms with van der Waals surface area (Å²) in [6.45, 7) is 7.89. The van der Waals surface area contributed by atoms with Gasteiger partial charge in [-0.1, -0.05) is 53.6 Å². The number of carbonyl (C=O) groups excluding carboxylic acids is 1. The molecule has 0 saturated carbocycles. The third-order valence-corrected chi connectivity index (χ3v) is 8.95. The fourth-order valence-electron chi connectivity index (χ4n) is 6.54. The summed E-state index contributed by atoms with van der Waals surface area (Å²) in [7, 11) is 1.62. The second-order valence-corrected chi connectivity index (χ2v) is 12.6. The molecule has 54 heavy (non-hydrogen) atoms. The molecule has 0 unspecified atom stereocenters. The molecule has 0 spiro atoms. The zero-order chi connectivity index (χ0) is 36.8. The van der Waals surface area contributed by atoms with E-state index in [2.05, 4.69) is 56.3 Å². The topological polar surface area (TPSA) is 125 Å². The zero-order valence-electron chi connectivity index (χ0n) is 32.2. The van der Waals surface area contributed by atoms with Crippen molar-refractivity contribution in [1.82, 2.24) is 0 Å². The summed E-state index contributed by atoms with van der Waals surface area (Å²) in [4.78, 5) is 12.7. The SMILES string of the molecule is COCCOCCOCCOc1ccc(C2(c3c[c-]c(OCOCCCCOCCO)cc3)c3cc(C)ccc3-c3ccc(C)cc32)cc1C(=O)[O-].[Cs+].[Cs+]. The van der Waals surface area contributed by atoms with E-state index >= 15 is 0 Å². The van der Waals surface area contributed by atoms with Gasteiger partial charge in [-0.2, -0.15) is 12.1 Å². The number of carboxylic acid groups (broad SMARTS) is 1. The summed E-state index contributed by atoms with van der Waals surface area (Å²) >= 11 is 0. The van der Waals surface area contributed by atoms with Crippen LogP contribution in [0.2, 0.25) is 0 Å². The van der Waals surface area contributed by atoms with E-state index in [4.69, 9.17) is 38.3 Å². The minimum absolute atomic E-state index is 0. The standard InChI is InChI=1S/C42H49O10.2Cs/c1-30-6-13-35-36-14-7-31(2)27-39(36)42(38(35)26-30,32-8-11-34(12-9-32)52-29-50-18-5-4-17-47-19-16-43)33-10-15-40(37(28-33)41(44)45)51-25-24-49-23-22-48-21-20-46-3;;/h6-11,13-15,26-28,43H,4-5,16-25,29H2,1-3H3,(H,44,45);;/q-1;2*+1/p-1. The van der Waals surface area contributed by atoms with Gasteiger partial charge in [-0.25, -0.2) is 0 Å². The largest absolute Gasteiger partial charge is 1.00 e. The van der Waals surface area contributed by atoms with Crippen LogP contribution < -0.4 is 152 Å². The number of aliphatic hydroxyl groups excluding tert-OH is 1. The summed E-state index contributed by atoms with van der Waals surface area (Å²) in [6, 6.07) is 27.2. The van der Waals surface area contributed by atoms with E-state index in [1.807, 2.05) is 24.3 Å². The van der Waals surface area contributed by atoms with Crippen LogP contribution in [0.1, 0.15) is 56.6 Å². The molecule has 0 atom stereocenters. The van der Waals surface area contributed by atoms with E-state index in [-0.39, 0.29) is 176 Å². The molecule has 0 fully saturated rings. The average molecular weight is 979 g/mol. The van der Waals surface area contributed by atoms with Crippen molar-refractivity contribution in [3.8, 4) is 22.6 Å². The summed E-state index contributed by atoms with van der Waals surface area (Å²) in [5.74, 6) is -0.599. The van der Waals surface area contributed by atoms with Crippen molar-refractivity contribution in [3.63, 3.8) is 0 Å². The summed E-state index contributed by atoms with van der Waals surface area (Å²) < 4.78 is 38.7. The van der Waals surface area contributed by atoms with Crippen LogP contribution in [0.5, 0.6) is 11.5 Å². The number of aryl methyl sites for hydroxylation is 2. The van der Waals surface area contributed by atoms with Crippen molar-refractivity contribution >= 4 is 5.97 Å². The van der Waals surface area contributed by atoms with Gasteiger partial charge in [-0.15, -0.1) is 17.7 Å². The number of hydrogen-bond donors (Lipinski definition) is 1. The monoisotopic (exact) mass is 978 g/mol. The maximum atomic E-state index is 12.7. The Bertz CT molecular complexity index is 1700. The zero-order valence-corrected chi connectivity index (χ0v) is 44.8. The van der Waals surface area contributed by atoms with Gasteiger partial charge in [0.25, 0.3) is 0 Å². The normalized spacial score (nSPS) is 12.3. The number of carboxylic acids is 1. The number of methoxy groups -OCH3 is 1. The Morgan fingerprint density at radius 3 is 1.87 bits per heavy atom. The smallest absolute Gasteiger partial charge is 0.545 e. The Morgan fingerprint density at radius 2 is 1.28 bits per heavy atom. The van der Waals surface area contributed by atoms with Crippen LogP contribution in [-0.4, -0.2) is 91.0 Å². The van der Waals surface area contributed by atoms with Crippen molar-refractivity contribution in [3.05, 3.63) is 118 Å². The summed E-state index contributed by atoms with van der Waals surface area (Å²) in [5.41, 5.74) is 7.14. The predicted octanol–water partition coefficient (Wildman–Crippen LogP) is -0.961. The molecule has 1 aliphatic carbocycles. The molecule has 4 aromatic rings. The van der Waals surface area contributed by atoms with E-state index in [1.165, 1.54) is 0 Å². The predicted molar refractivity (Wildman–Crippen MR) is 194 cm³/mol. The number of benzene rings is 4. The van der Waals surface area contributed by atoms with Crippen LogP contribution in [0, 0.1) is 19.9 Å². The first kappa shape index (κ1) is 48.2. The molecule has 10 nitrogen and oxygen atoms in total. The fraction of sp³-hybridized carbons (Fsp3) is 0.405. The number of fused-ring (bicyclic) bond motifs is 3. The molecule has 5 rings (SSSR count). The molecule has 12 heteroatoms. The van der Waals surface area contributed by atoms with E-state index in [1.54, 1.807) is 19.2 Å². The molecule has 0 heterocycles. The first-order chi connectivity index (χ1) is 25.4. The maximum absolute atomic E-state index is 12.7. The molecule has 278 valence electrons. The van der Waals surface area contributed by atoms with E-state index < -0.39 is 11.4 Å². The Hall–Kier alpha value is -0.186. The molecule has 1 aliphatic rings. The minimum Gasteiger partial charge on any atom is -0.545 e. The van der Waals surface area contributed by atoms with Crippen LogP contribution in [-0.2, 0) is 29.1 Å². The van der Waals surface area contributed by atoms with Crippen molar-refractivity contribution < 1.29 is 186 Å². The molecular weight excluding hydrogens is 930 g/mol. The van der Waals surface area contributed by atoms with Gasteiger partial charge in [0.15, 0.2) is 6.79 Å². The minimum atomic E-state index is -1.33. The molecule has 1 N–H and O–H groups in total. The van der Waals surface area contributed by atoms with Gasteiger partial charge in [0.2, 0.25) is 0 Å². The van der Waals surface area contributed by atoms with Crippen LogP contribution in [0.3, 0.4) is 0 Å². The number of unbranched alkanes of at least 4 members (excludes halogenated alkanes) is 1. The first-order valence-corrected chi connectivity index (χ1v) is 17.7. The number of aliphatic hydroxyl groups is 1. The van der Waals surface area contributed by atoms with E-state index in [0.29, 0.717) is 52.0 Å². The summed E-state index contributed by atoms with van der Waals surface area (Å²) in [5, 5.41) is 21.5. The van der Waals surface area contributed by atoms with Crippen molar-refractivity contribution in [2.45, 2.75) is 32.1 Å². The Kier molecular flexibility index (Phi) is 22.6. The molecule has 0 aliphatic heterocycles. The van der Waals surface area contributed by atoms with Crippen LogP contribution in [0.15, 0.2) is 72.8 Å². The van der Waals surface area contributed by atoms with Gasteiger partial charge in [0, 0.05) is 30.4 Å². The number of carbonyl (C=O) groups is 1. The molecule has 4 aromatic carbocycles. The first-order valence-electron chi connectivity index (χ1n) is 17.7. The van der Waals surface area contributed by atoms with Gasteiger partial charge in [-0.05, 0) is 66.6 Å². The number of ether oxygens (including phenoxy) is 7. The van der Waals surface area contributed by atoms with E-state index in [9.17, 15) is 9.90 Å². The van der Waals surface area contributed by atoms with Gasteiger partial charge >= 0.3 is 138 Å². The Balaban J connectivity index is 0.00000392. The molecule has 0 saturated heterocycles. The van der Waals surface area contributed by atoms with Crippen molar-refractivity contribution in [2.24, 2.45) is 0 Å². The Morgan fingerprint density at radius 1 is 0.685 bits per heavy atom. The van der Waals surface area contributed by atoms with E-state index in [0.717, 1.165) is 57.3 Å². The molecule has 0 aromatic heterocycles. The molecule has 0 bridgehead atoms. The van der Waals surface area contributed by atoms with Gasteiger partial charge in [-0.3, -0.25) is 0 Å². The third kappa shape index (κ3) is 12.7. The summed E-state index contributed by atoms with van der Waals surface area (Å²) in [6.07, 6.45) is 1.64. The van der Waals surface area contributed by atoms with Crippen LogP contribution in [0.25, 0.3) is 11.1 Å². The Labute approximate surface area is 436 Å². The van der Waals surface area contributed by atoms with Gasteiger partial charge < -0.3 is 48.2 Å². The van der Waals surface area contributed by atoms with Crippen LogP contribution in [0.4, 0.5) is 0 Å². The van der Waals surface area contributed by atoms with Crippen molar-refractivity contribution in [1.29, 1.82) is 0 Å². The maximum Gasteiger partial charge on any atom is 1.00 e. The average Bonchev–Trinajstić information content (AvgIpc) is 3.42. The second-order valence-electron chi connectivity index (χ2n) is 12.6. The number of hydrogen-bond acceptors (Lipinski definition) is 10. The number of rotatable bonds is 23. The molecule has 0 amide bonds. The molecular formula is C42H48Cs2O10. The van der Waals surface area contributed by atoms with Crippen LogP contribution >= 0.6 is 0 Å². The number of aromatic carboxylic acids is 1. The second kappa shape index (κ2) is 25.3. The third-order valence-electron chi connectivity index (χ3n) is 8.95. The van der Waals surface area contributed by atoms with Gasteiger partial charge in [0.1, 0.15) is 12.4 Å². The van der Waals surface area contributed by atoms with Crippen molar-refractivity contribution in [2.75, 3.05) is 80.0 Å². The van der Waals surface area contributed by atoms with Gasteiger partial charge in [0.05, 0.1) is 58.8 Å². The fourth-order valence-corrected chi connectivity index (χ4v) is 6.54. The quantitative estimate of drug-likeness (QED) is 0.0498. The molecule has 0 radical (unpaired) electrons.